The van der Waals surface area contributed by atoms with E-state index >= 15 is 0 Å². The van der Waals surface area contributed by atoms with E-state index in [1.54, 1.807) is 0 Å². The predicted molar refractivity (Wildman–Crippen MR) is 330 cm³/mol. The Morgan fingerprint density at radius 1 is 0.263 bits per heavy atom. The monoisotopic (exact) mass is 1060 g/mol. The van der Waals surface area contributed by atoms with Crippen molar-refractivity contribution in [3.63, 3.8) is 0 Å². The normalized spacial score (nSPS) is 12.3. The molecular weight excluding hydrogens is 937 g/mol. The Morgan fingerprint density at radius 3 is 0.763 bits per heavy atom. The first kappa shape index (κ1) is 73.4. The van der Waals surface area contributed by atoms with E-state index in [2.05, 4.69) is 69.4 Å². The number of carbonyl (C=O) groups excluding carboxylic acids is 3. The number of hydrogen-bond donors (Lipinski definition) is 0. The lowest BCUT2D eigenvalue weighted by atomic mass is 10.0. The summed E-state index contributed by atoms with van der Waals surface area (Å²) in [6, 6.07) is 0. The molecule has 1 unspecified atom stereocenters. The zero-order valence-electron chi connectivity index (χ0n) is 51.0. The maximum atomic E-state index is 12.9. The number of ether oxygens (including phenoxy) is 3. The Kier molecular flexibility index (Phi) is 62.6. The van der Waals surface area contributed by atoms with Crippen LogP contribution in [-0.2, 0) is 28.6 Å². The fourth-order valence-corrected chi connectivity index (χ4v) is 9.96. The van der Waals surface area contributed by atoms with Gasteiger partial charge in [-0.15, -0.1) is 0 Å². The van der Waals surface area contributed by atoms with Crippen LogP contribution in [0.15, 0.2) is 48.6 Å². The molecule has 0 bridgehead atoms. The minimum absolute atomic E-state index is 0.0738. The molecular formula is C70H128O6. The highest BCUT2D eigenvalue weighted by Crippen LogP contribution is 2.18. The van der Waals surface area contributed by atoms with Crippen LogP contribution in [0.3, 0.4) is 0 Å². The van der Waals surface area contributed by atoms with Crippen molar-refractivity contribution < 1.29 is 28.6 Å². The topological polar surface area (TPSA) is 78.9 Å². The average molecular weight is 1070 g/mol. The summed E-state index contributed by atoms with van der Waals surface area (Å²) in [7, 11) is 0. The first-order chi connectivity index (χ1) is 37.5. The van der Waals surface area contributed by atoms with Gasteiger partial charge in [0.1, 0.15) is 13.2 Å². The molecule has 0 aromatic heterocycles. The van der Waals surface area contributed by atoms with Crippen molar-refractivity contribution in [1.82, 2.24) is 0 Å². The Balaban J connectivity index is 4.12. The lowest BCUT2D eigenvalue weighted by Gasteiger charge is -2.18. The summed E-state index contributed by atoms with van der Waals surface area (Å²) in [6.07, 6.45) is 81.4. The molecule has 0 aliphatic carbocycles. The molecule has 76 heavy (non-hydrogen) atoms. The van der Waals surface area contributed by atoms with Crippen molar-refractivity contribution >= 4 is 17.9 Å². The number of allylic oxidation sites excluding steroid dienone is 8. The second kappa shape index (κ2) is 64.9. The Morgan fingerprint density at radius 2 is 0.487 bits per heavy atom. The smallest absolute Gasteiger partial charge is 0.306 e. The Hall–Kier alpha value is -2.63. The van der Waals surface area contributed by atoms with Gasteiger partial charge in [0.15, 0.2) is 6.10 Å². The number of esters is 3. The summed E-state index contributed by atoms with van der Waals surface area (Å²) in [6.45, 7) is 6.63. The molecule has 0 N–H and O–H groups in total. The first-order valence-electron chi connectivity index (χ1n) is 33.6. The molecule has 0 saturated heterocycles. The minimum atomic E-state index is -0.777. The van der Waals surface area contributed by atoms with Gasteiger partial charge < -0.3 is 14.2 Å². The molecule has 0 radical (unpaired) electrons. The van der Waals surface area contributed by atoms with E-state index in [1.165, 1.54) is 231 Å². The van der Waals surface area contributed by atoms with Crippen LogP contribution < -0.4 is 0 Å². The maximum absolute atomic E-state index is 12.9. The van der Waals surface area contributed by atoms with Crippen LogP contribution in [0.4, 0.5) is 0 Å². The lowest BCUT2D eigenvalue weighted by molar-refractivity contribution is -0.167. The summed E-state index contributed by atoms with van der Waals surface area (Å²) < 4.78 is 16.9. The number of unbranched alkanes of at least 4 members (excludes halogenated alkanes) is 43. The highest BCUT2D eigenvalue weighted by Gasteiger charge is 2.19. The van der Waals surface area contributed by atoms with Crippen molar-refractivity contribution in [2.75, 3.05) is 13.2 Å². The van der Waals surface area contributed by atoms with E-state index in [0.29, 0.717) is 19.3 Å². The first-order valence-corrected chi connectivity index (χ1v) is 33.6. The van der Waals surface area contributed by atoms with E-state index in [4.69, 9.17) is 14.2 Å². The Labute approximate surface area is 473 Å². The molecule has 0 amide bonds. The summed E-state index contributed by atoms with van der Waals surface area (Å²) >= 11 is 0. The van der Waals surface area contributed by atoms with Gasteiger partial charge in [-0.2, -0.15) is 0 Å². The van der Waals surface area contributed by atoms with Gasteiger partial charge in [0.05, 0.1) is 0 Å². The molecule has 0 saturated carbocycles. The molecule has 0 aliphatic rings. The second-order valence-corrected chi connectivity index (χ2v) is 22.7. The van der Waals surface area contributed by atoms with Gasteiger partial charge in [0.25, 0.3) is 0 Å². The molecule has 0 spiro atoms. The average Bonchev–Trinajstić information content (AvgIpc) is 3.42. The van der Waals surface area contributed by atoms with Crippen LogP contribution in [0.5, 0.6) is 0 Å². The fraction of sp³-hybridized carbons (Fsp3) is 0.843. The largest absolute Gasteiger partial charge is 0.462 e. The van der Waals surface area contributed by atoms with Gasteiger partial charge in [-0.25, -0.2) is 0 Å². The molecule has 0 rings (SSSR count). The molecule has 0 aromatic rings. The summed E-state index contributed by atoms with van der Waals surface area (Å²) in [5.41, 5.74) is 0. The van der Waals surface area contributed by atoms with E-state index in [1.807, 2.05) is 0 Å². The van der Waals surface area contributed by atoms with Crippen LogP contribution in [-0.4, -0.2) is 37.2 Å². The zero-order valence-corrected chi connectivity index (χ0v) is 51.0. The number of hydrogen-bond acceptors (Lipinski definition) is 6. The van der Waals surface area contributed by atoms with Gasteiger partial charge >= 0.3 is 17.9 Å². The van der Waals surface area contributed by atoms with Crippen LogP contribution >= 0.6 is 0 Å². The van der Waals surface area contributed by atoms with Crippen LogP contribution in [0.1, 0.15) is 361 Å². The van der Waals surface area contributed by atoms with Crippen molar-refractivity contribution in [2.45, 2.75) is 367 Å². The molecule has 6 nitrogen and oxygen atoms in total. The third-order valence-corrected chi connectivity index (χ3v) is 15.1. The summed E-state index contributed by atoms with van der Waals surface area (Å²) in [5, 5.41) is 0. The van der Waals surface area contributed by atoms with Gasteiger partial charge in [-0.3, -0.25) is 14.4 Å². The molecule has 0 fully saturated rings. The molecule has 0 aliphatic heterocycles. The quantitative estimate of drug-likeness (QED) is 0.0261. The predicted octanol–water partition coefficient (Wildman–Crippen LogP) is 22.9. The van der Waals surface area contributed by atoms with Crippen molar-refractivity contribution in [3.8, 4) is 0 Å². The van der Waals surface area contributed by atoms with Crippen molar-refractivity contribution in [2.24, 2.45) is 0 Å². The molecule has 0 aromatic carbocycles. The van der Waals surface area contributed by atoms with Crippen LogP contribution in [0.2, 0.25) is 0 Å². The van der Waals surface area contributed by atoms with E-state index in [9.17, 15) is 14.4 Å². The van der Waals surface area contributed by atoms with Gasteiger partial charge in [-0.05, 0) is 77.0 Å². The maximum Gasteiger partial charge on any atom is 0.306 e. The third kappa shape index (κ3) is 62.2. The zero-order chi connectivity index (χ0) is 55.0. The van der Waals surface area contributed by atoms with E-state index < -0.39 is 6.10 Å². The third-order valence-electron chi connectivity index (χ3n) is 15.1. The lowest BCUT2D eigenvalue weighted by Crippen LogP contribution is -2.30. The second-order valence-electron chi connectivity index (χ2n) is 22.7. The molecule has 6 heteroatoms. The van der Waals surface area contributed by atoms with Crippen LogP contribution in [0, 0.1) is 0 Å². The van der Waals surface area contributed by atoms with Crippen molar-refractivity contribution in [1.29, 1.82) is 0 Å². The highest BCUT2D eigenvalue weighted by atomic mass is 16.6. The van der Waals surface area contributed by atoms with Crippen molar-refractivity contribution in [3.05, 3.63) is 48.6 Å². The van der Waals surface area contributed by atoms with E-state index in [0.717, 1.165) is 89.9 Å². The molecule has 0 heterocycles. The minimum Gasteiger partial charge on any atom is -0.462 e. The van der Waals surface area contributed by atoms with Gasteiger partial charge in [0.2, 0.25) is 0 Å². The van der Waals surface area contributed by atoms with Crippen LogP contribution in [0.25, 0.3) is 0 Å². The van der Waals surface area contributed by atoms with Gasteiger partial charge in [-0.1, -0.05) is 313 Å². The SMILES string of the molecule is CCCC/C=C\C/C=C\CCCCCCCC(=O)OC(COC(=O)CCCCCCCCCCCCCCC)COC(=O)CCCCCCCCCCCCCCCCCCCCC/C=C\C/C=C\CCCCCCC. The van der Waals surface area contributed by atoms with Gasteiger partial charge in [0, 0.05) is 19.3 Å². The standard InChI is InChI=1S/C70H128O6/c1-4-7-10-13-16-19-22-25-27-28-29-30-31-32-33-34-35-36-37-38-39-40-41-42-43-46-48-51-54-57-60-63-69(72)75-66-67(65-74-68(71)62-59-56-53-50-47-44-24-21-18-15-12-9-6-3)76-70(73)64-61-58-55-52-49-45-26-23-20-17-14-11-8-5-2/h14,17,22-23,25-26,28-29,67H,4-13,15-16,18-21,24,27,30-66H2,1-3H3/b17-14-,25-22-,26-23-,29-28-. The Bertz CT molecular complexity index is 1310. The molecule has 444 valence electrons. The fourth-order valence-electron chi connectivity index (χ4n) is 9.96. The van der Waals surface area contributed by atoms with E-state index in [-0.39, 0.29) is 31.1 Å². The number of carbonyl (C=O) groups is 3. The molecule has 1 atom stereocenters. The summed E-state index contributed by atoms with van der Waals surface area (Å²) in [4.78, 5) is 38.3. The highest BCUT2D eigenvalue weighted by molar-refractivity contribution is 5.71. The summed E-state index contributed by atoms with van der Waals surface area (Å²) in [5.74, 6) is -0.866. The number of rotatable bonds is 62.